The molecule has 0 heterocycles. The molecule has 4 nitrogen and oxygen atoms in total. The first kappa shape index (κ1) is 13.5. The van der Waals surface area contributed by atoms with Crippen LogP contribution in [0.3, 0.4) is 0 Å². The molecule has 0 aromatic heterocycles. The zero-order valence-corrected chi connectivity index (χ0v) is 11.4. The fraction of sp³-hybridized carbons (Fsp3) is 0.143. The lowest BCUT2D eigenvalue weighted by Crippen LogP contribution is -2.25. The SMILES string of the molecule is O=C(O)C(Cc1ccc2cc(Br)ccc2c1)C(=O)O. The maximum absolute atomic E-state index is 10.9. The average molecular weight is 323 g/mol. The summed E-state index contributed by atoms with van der Waals surface area (Å²) in [6.45, 7) is 0. The van der Waals surface area contributed by atoms with Crippen molar-refractivity contribution in [1.29, 1.82) is 0 Å². The first-order valence-corrected chi connectivity index (χ1v) is 6.40. The number of carbonyl (C=O) groups is 2. The Morgan fingerprint density at radius 2 is 1.58 bits per heavy atom. The molecule has 0 spiro atoms. The van der Waals surface area contributed by atoms with Gasteiger partial charge < -0.3 is 10.2 Å². The number of hydrogen-bond acceptors (Lipinski definition) is 2. The second kappa shape index (κ2) is 5.40. The number of rotatable bonds is 4. The van der Waals surface area contributed by atoms with Gasteiger partial charge in [0, 0.05) is 4.47 Å². The molecule has 0 radical (unpaired) electrons. The van der Waals surface area contributed by atoms with Gasteiger partial charge in [0.05, 0.1) is 0 Å². The maximum atomic E-state index is 10.9. The molecule has 0 atom stereocenters. The van der Waals surface area contributed by atoms with E-state index in [0.29, 0.717) is 5.56 Å². The Balaban J connectivity index is 2.33. The van der Waals surface area contributed by atoms with Crippen molar-refractivity contribution >= 4 is 38.6 Å². The first-order chi connectivity index (χ1) is 8.97. The standard InChI is InChI=1S/C14H11BrO4/c15-11-4-3-9-5-8(1-2-10(9)7-11)6-12(13(16)17)14(18)19/h1-5,7,12H,6H2,(H,16,17)(H,18,19). The highest BCUT2D eigenvalue weighted by molar-refractivity contribution is 9.10. The molecule has 0 saturated carbocycles. The molecule has 2 N–H and O–H groups in total. The minimum Gasteiger partial charge on any atom is -0.481 e. The van der Waals surface area contributed by atoms with Gasteiger partial charge in [-0.3, -0.25) is 9.59 Å². The number of aliphatic carboxylic acids is 2. The molecule has 0 aliphatic rings. The summed E-state index contributed by atoms with van der Waals surface area (Å²) in [7, 11) is 0. The van der Waals surface area contributed by atoms with Crippen molar-refractivity contribution in [1.82, 2.24) is 0 Å². The summed E-state index contributed by atoms with van der Waals surface area (Å²) in [5.74, 6) is -4.04. The number of carboxylic acids is 2. The predicted molar refractivity (Wildman–Crippen MR) is 74.1 cm³/mol. The molecular weight excluding hydrogens is 312 g/mol. The van der Waals surface area contributed by atoms with Gasteiger partial charge in [-0.05, 0) is 34.9 Å². The summed E-state index contributed by atoms with van der Waals surface area (Å²) < 4.78 is 0.960. The minimum atomic E-state index is -1.41. The van der Waals surface area contributed by atoms with E-state index >= 15 is 0 Å². The molecule has 2 aromatic rings. The van der Waals surface area contributed by atoms with Crippen molar-refractivity contribution in [3.63, 3.8) is 0 Å². The third-order valence-electron chi connectivity index (χ3n) is 2.90. The smallest absolute Gasteiger partial charge is 0.318 e. The average Bonchev–Trinajstić information content (AvgIpc) is 2.35. The molecule has 2 aromatic carbocycles. The second-order valence-electron chi connectivity index (χ2n) is 4.26. The van der Waals surface area contributed by atoms with E-state index in [1.54, 1.807) is 6.07 Å². The van der Waals surface area contributed by atoms with Crippen LogP contribution in [-0.2, 0) is 16.0 Å². The molecule has 0 fully saturated rings. The van der Waals surface area contributed by atoms with E-state index in [2.05, 4.69) is 15.9 Å². The van der Waals surface area contributed by atoms with E-state index in [0.717, 1.165) is 15.2 Å². The molecule has 19 heavy (non-hydrogen) atoms. The van der Waals surface area contributed by atoms with Crippen molar-refractivity contribution < 1.29 is 19.8 Å². The molecule has 0 aliphatic heterocycles. The van der Waals surface area contributed by atoms with E-state index in [4.69, 9.17) is 10.2 Å². The van der Waals surface area contributed by atoms with Gasteiger partial charge in [0.25, 0.3) is 0 Å². The quantitative estimate of drug-likeness (QED) is 0.849. The topological polar surface area (TPSA) is 74.6 Å². The van der Waals surface area contributed by atoms with Gasteiger partial charge in [-0.15, -0.1) is 0 Å². The molecular formula is C14H11BrO4. The largest absolute Gasteiger partial charge is 0.481 e. The van der Waals surface area contributed by atoms with Crippen LogP contribution in [0.15, 0.2) is 40.9 Å². The molecule has 0 bridgehead atoms. The number of fused-ring (bicyclic) bond motifs is 1. The van der Waals surface area contributed by atoms with Crippen LogP contribution in [-0.4, -0.2) is 22.2 Å². The van der Waals surface area contributed by atoms with Crippen molar-refractivity contribution in [3.05, 3.63) is 46.4 Å². The summed E-state index contributed by atoms with van der Waals surface area (Å²) in [6.07, 6.45) is -0.0172. The minimum absolute atomic E-state index is 0.0172. The molecule has 0 aliphatic carbocycles. The Labute approximate surface area is 117 Å². The van der Waals surface area contributed by atoms with Gasteiger partial charge in [0.1, 0.15) is 0 Å². The Hall–Kier alpha value is -1.88. The summed E-state index contributed by atoms with van der Waals surface area (Å²) in [4.78, 5) is 21.7. The summed E-state index contributed by atoms with van der Waals surface area (Å²) in [6, 6.07) is 11.2. The Morgan fingerprint density at radius 3 is 2.21 bits per heavy atom. The van der Waals surface area contributed by atoms with Crippen LogP contribution in [0, 0.1) is 5.92 Å². The number of hydrogen-bond donors (Lipinski definition) is 2. The van der Waals surface area contributed by atoms with Crippen LogP contribution in [0.5, 0.6) is 0 Å². The molecule has 0 amide bonds. The lowest BCUT2D eigenvalue weighted by molar-refractivity contribution is -0.154. The van der Waals surface area contributed by atoms with Crippen molar-refractivity contribution in [2.45, 2.75) is 6.42 Å². The summed E-state index contributed by atoms with van der Waals surface area (Å²) in [5, 5.41) is 19.7. The fourth-order valence-electron chi connectivity index (χ4n) is 1.91. The van der Waals surface area contributed by atoms with Crippen LogP contribution >= 0.6 is 15.9 Å². The molecule has 2 rings (SSSR count). The number of carboxylic acid groups (broad SMARTS) is 2. The van der Waals surface area contributed by atoms with E-state index in [-0.39, 0.29) is 6.42 Å². The highest BCUT2D eigenvalue weighted by atomic mass is 79.9. The van der Waals surface area contributed by atoms with Crippen LogP contribution in [0.25, 0.3) is 10.8 Å². The van der Waals surface area contributed by atoms with Gasteiger partial charge in [-0.1, -0.05) is 40.2 Å². The van der Waals surface area contributed by atoms with E-state index in [1.807, 2.05) is 30.3 Å². The molecule has 0 unspecified atom stereocenters. The van der Waals surface area contributed by atoms with E-state index in [9.17, 15) is 9.59 Å². The zero-order chi connectivity index (χ0) is 14.0. The fourth-order valence-corrected chi connectivity index (χ4v) is 2.29. The number of halogens is 1. The molecule has 0 saturated heterocycles. The third-order valence-corrected chi connectivity index (χ3v) is 3.40. The normalized spacial score (nSPS) is 10.8. The van der Waals surface area contributed by atoms with Gasteiger partial charge in [0.2, 0.25) is 0 Å². The van der Waals surface area contributed by atoms with Gasteiger partial charge in [-0.25, -0.2) is 0 Å². The van der Waals surface area contributed by atoms with Crippen molar-refractivity contribution in [2.24, 2.45) is 5.92 Å². The van der Waals surface area contributed by atoms with Crippen LogP contribution in [0.1, 0.15) is 5.56 Å². The van der Waals surface area contributed by atoms with Crippen LogP contribution in [0.4, 0.5) is 0 Å². The van der Waals surface area contributed by atoms with Gasteiger partial charge in [0.15, 0.2) is 5.92 Å². The summed E-state index contributed by atoms with van der Waals surface area (Å²) in [5.41, 5.74) is 0.699. The predicted octanol–water partition coefficient (Wildman–Crippen LogP) is 2.93. The van der Waals surface area contributed by atoms with Crippen LogP contribution < -0.4 is 0 Å². The Morgan fingerprint density at radius 1 is 1.00 bits per heavy atom. The Bertz CT molecular complexity index is 637. The van der Waals surface area contributed by atoms with E-state index < -0.39 is 17.9 Å². The first-order valence-electron chi connectivity index (χ1n) is 5.61. The molecule has 5 heteroatoms. The second-order valence-corrected chi connectivity index (χ2v) is 5.17. The third kappa shape index (κ3) is 3.12. The summed E-state index contributed by atoms with van der Waals surface area (Å²) >= 11 is 3.37. The number of benzene rings is 2. The van der Waals surface area contributed by atoms with E-state index in [1.165, 1.54) is 0 Å². The van der Waals surface area contributed by atoms with Crippen molar-refractivity contribution in [3.8, 4) is 0 Å². The zero-order valence-electron chi connectivity index (χ0n) is 9.84. The van der Waals surface area contributed by atoms with Crippen molar-refractivity contribution in [2.75, 3.05) is 0 Å². The maximum Gasteiger partial charge on any atom is 0.318 e. The lowest BCUT2D eigenvalue weighted by Gasteiger charge is -2.08. The monoisotopic (exact) mass is 322 g/mol. The van der Waals surface area contributed by atoms with Crippen LogP contribution in [0.2, 0.25) is 0 Å². The van der Waals surface area contributed by atoms with Gasteiger partial charge >= 0.3 is 11.9 Å². The van der Waals surface area contributed by atoms with Gasteiger partial charge in [-0.2, -0.15) is 0 Å². The highest BCUT2D eigenvalue weighted by Crippen LogP contribution is 2.22. The Kier molecular flexibility index (Phi) is 3.85. The lowest BCUT2D eigenvalue weighted by atomic mass is 9.97. The molecule has 98 valence electrons. The highest BCUT2D eigenvalue weighted by Gasteiger charge is 2.25.